The number of allylic oxidation sites excluding steroid dienone is 5. The van der Waals surface area contributed by atoms with E-state index in [1.165, 1.54) is 225 Å². The lowest BCUT2D eigenvalue weighted by molar-refractivity contribution is -0.359. The second-order valence-electron chi connectivity index (χ2n) is 23.9. The first kappa shape index (κ1) is 75.3. The molecule has 2 rings (SSSR count). The average molecular weight is 1150 g/mol. The van der Waals surface area contributed by atoms with E-state index in [0.717, 1.165) is 32.1 Å². The van der Waals surface area contributed by atoms with Crippen LogP contribution < -0.4 is 5.32 Å². The van der Waals surface area contributed by atoms with Crippen LogP contribution in [0.15, 0.2) is 36.5 Å². The van der Waals surface area contributed by atoms with Gasteiger partial charge < -0.3 is 65.1 Å². The molecule has 0 bridgehead atoms. The van der Waals surface area contributed by atoms with Crippen molar-refractivity contribution in [2.24, 2.45) is 0 Å². The maximum absolute atomic E-state index is 13.3. The molecule has 2 saturated heterocycles. The Balaban J connectivity index is 1.68. The van der Waals surface area contributed by atoms with Gasteiger partial charge in [0.2, 0.25) is 5.91 Å². The number of rotatable bonds is 55. The zero-order valence-corrected chi connectivity index (χ0v) is 51.5. The molecule has 0 aliphatic carbocycles. The van der Waals surface area contributed by atoms with Gasteiger partial charge >= 0.3 is 0 Å². The largest absolute Gasteiger partial charge is 0.394 e. The number of aliphatic hydroxyl groups excluding tert-OH is 8. The molecule has 81 heavy (non-hydrogen) atoms. The number of amides is 1. The van der Waals surface area contributed by atoms with Gasteiger partial charge in [0, 0.05) is 6.42 Å². The van der Waals surface area contributed by atoms with E-state index in [9.17, 15) is 45.6 Å². The molecule has 0 aromatic rings. The van der Waals surface area contributed by atoms with Gasteiger partial charge in [-0.2, -0.15) is 0 Å². The monoisotopic (exact) mass is 1150 g/mol. The average Bonchev–Trinajstić information content (AvgIpc) is 3.47. The van der Waals surface area contributed by atoms with Gasteiger partial charge in [-0.3, -0.25) is 4.79 Å². The van der Waals surface area contributed by atoms with Gasteiger partial charge in [0.25, 0.3) is 0 Å². The number of carbonyl (C=O) groups is 1. The Morgan fingerprint density at radius 3 is 1.21 bits per heavy atom. The summed E-state index contributed by atoms with van der Waals surface area (Å²) in [6.45, 7) is 2.81. The van der Waals surface area contributed by atoms with Crippen molar-refractivity contribution in [3.05, 3.63) is 36.5 Å². The Morgan fingerprint density at radius 2 is 0.790 bits per heavy atom. The molecule has 14 nitrogen and oxygen atoms in total. The van der Waals surface area contributed by atoms with Crippen LogP contribution in [0.1, 0.15) is 290 Å². The Bertz CT molecular complexity index is 1500. The zero-order chi connectivity index (χ0) is 58.8. The minimum atomic E-state index is -1.79. The highest BCUT2D eigenvalue weighted by molar-refractivity contribution is 5.76. The van der Waals surface area contributed by atoms with Crippen LogP contribution in [-0.2, 0) is 23.7 Å². The van der Waals surface area contributed by atoms with Crippen LogP contribution in [0, 0.1) is 0 Å². The van der Waals surface area contributed by atoms with E-state index < -0.39 is 86.8 Å². The second-order valence-corrected chi connectivity index (χ2v) is 23.9. The number of nitrogens with one attached hydrogen (secondary N) is 1. The summed E-state index contributed by atoms with van der Waals surface area (Å²) in [5, 5.41) is 87.3. The summed E-state index contributed by atoms with van der Waals surface area (Å²) in [5.74, 6) is -0.245. The Morgan fingerprint density at radius 1 is 0.432 bits per heavy atom. The molecule has 1 amide bonds. The first-order valence-corrected chi connectivity index (χ1v) is 33.7. The van der Waals surface area contributed by atoms with Crippen molar-refractivity contribution in [1.82, 2.24) is 5.32 Å². The number of aliphatic hydroxyl groups is 8. The molecule has 2 fully saturated rings. The fraction of sp³-hybridized carbons (Fsp3) is 0.896. The standard InChI is InChI=1S/C67H125NO13/c1-3-5-7-9-11-13-15-17-19-21-23-24-25-26-27-28-29-30-31-32-33-35-37-39-41-43-45-47-49-51-59(72)68-55(56(71)50-48-46-44-42-40-38-36-34-22-20-18-16-14-12-10-8-6-4-2)54-78-66-64(77)62(75)65(58(53-70)80-66)81-67-63(76)61(74)60(73)57(52-69)79-67/h21,23,40,42,48,50,55-58,60-67,69-71,73-77H,3-20,22,24-39,41,43-47,49,51-54H2,1-2H3,(H,68,72)/b23-21-,42-40+,50-48+. The van der Waals surface area contributed by atoms with Crippen molar-refractivity contribution < 1.29 is 64.6 Å². The summed E-state index contributed by atoms with van der Waals surface area (Å²) in [5.41, 5.74) is 0. The molecule has 0 aromatic carbocycles. The molecular weight excluding hydrogens is 1030 g/mol. The summed E-state index contributed by atoms with van der Waals surface area (Å²) >= 11 is 0. The summed E-state index contributed by atoms with van der Waals surface area (Å²) in [4.78, 5) is 13.3. The Kier molecular flexibility index (Phi) is 48.8. The van der Waals surface area contributed by atoms with Crippen LogP contribution in [0.5, 0.6) is 0 Å². The van der Waals surface area contributed by atoms with Crippen molar-refractivity contribution >= 4 is 5.91 Å². The second kappa shape index (κ2) is 52.5. The van der Waals surface area contributed by atoms with E-state index in [-0.39, 0.29) is 18.9 Å². The number of ether oxygens (including phenoxy) is 4. The predicted octanol–water partition coefficient (Wildman–Crippen LogP) is 13.0. The molecule has 2 heterocycles. The first-order chi connectivity index (χ1) is 39.6. The normalized spacial score (nSPS) is 24.3. The summed E-state index contributed by atoms with van der Waals surface area (Å²) in [6, 6.07) is -0.930. The minimum Gasteiger partial charge on any atom is -0.394 e. The van der Waals surface area contributed by atoms with E-state index in [0.29, 0.717) is 12.8 Å². The molecule has 9 N–H and O–H groups in total. The summed E-state index contributed by atoms with van der Waals surface area (Å²) in [7, 11) is 0. The third kappa shape index (κ3) is 37.4. The molecule has 2 aliphatic heterocycles. The summed E-state index contributed by atoms with van der Waals surface area (Å²) in [6.07, 6.45) is 49.2. The van der Waals surface area contributed by atoms with E-state index in [4.69, 9.17) is 18.9 Å². The van der Waals surface area contributed by atoms with Crippen molar-refractivity contribution in [1.29, 1.82) is 0 Å². The molecule has 476 valence electrons. The van der Waals surface area contributed by atoms with Crippen molar-refractivity contribution in [2.45, 2.75) is 364 Å². The predicted molar refractivity (Wildman–Crippen MR) is 328 cm³/mol. The lowest BCUT2D eigenvalue weighted by atomic mass is 9.97. The third-order valence-corrected chi connectivity index (χ3v) is 16.5. The van der Waals surface area contributed by atoms with Gasteiger partial charge in [-0.15, -0.1) is 0 Å². The fourth-order valence-electron chi connectivity index (χ4n) is 11.1. The van der Waals surface area contributed by atoms with Gasteiger partial charge in [-0.1, -0.05) is 262 Å². The van der Waals surface area contributed by atoms with Gasteiger partial charge in [0.05, 0.1) is 32.0 Å². The van der Waals surface area contributed by atoms with Gasteiger partial charge in [-0.05, 0) is 57.8 Å². The van der Waals surface area contributed by atoms with Crippen LogP contribution >= 0.6 is 0 Å². The molecule has 12 atom stereocenters. The molecule has 14 heteroatoms. The third-order valence-electron chi connectivity index (χ3n) is 16.5. The van der Waals surface area contributed by atoms with Gasteiger partial charge in [-0.25, -0.2) is 0 Å². The van der Waals surface area contributed by atoms with E-state index in [2.05, 4.69) is 43.5 Å². The molecule has 0 radical (unpaired) electrons. The minimum absolute atomic E-state index is 0.245. The molecule has 12 unspecified atom stereocenters. The van der Waals surface area contributed by atoms with Gasteiger partial charge in [0.15, 0.2) is 12.6 Å². The van der Waals surface area contributed by atoms with Crippen LogP contribution in [0.3, 0.4) is 0 Å². The molecular formula is C67H125NO13. The molecule has 0 aromatic heterocycles. The van der Waals surface area contributed by atoms with Crippen molar-refractivity contribution in [2.75, 3.05) is 19.8 Å². The van der Waals surface area contributed by atoms with Crippen LogP contribution in [0.4, 0.5) is 0 Å². The number of hydrogen-bond acceptors (Lipinski definition) is 13. The van der Waals surface area contributed by atoms with Crippen molar-refractivity contribution in [3.63, 3.8) is 0 Å². The highest BCUT2D eigenvalue weighted by atomic mass is 16.7. The zero-order valence-electron chi connectivity index (χ0n) is 51.5. The molecule has 2 aliphatic rings. The smallest absolute Gasteiger partial charge is 0.220 e. The van der Waals surface area contributed by atoms with Crippen LogP contribution in [-0.4, -0.2) is 140 Å². The molecule has 0 spiro atoms. The summed E-state index contributed by atoms with van der Waals surface area (Å²) < 4.78 is 22.8. The topological polar surface area (TPSA) is 228 Å². The number of carbonyl (C=O) groups excluding carboxylic acids is 1. The highest BCUT2D eigenvalue weighted by Crippen LogP contribution is 2.30. The first-order valence-electron chi connectivity index (χ1n) is 33.7. The van der Waals surface area contributed by atoms with Crippen molar-refractivity contribution in [3.8, 4) is 0 Å². The lowest BCUT2D eigenvalue weighted by Gasteiger charge is -2.46. The number of hydrogen-bond donors (Lipinski definition) is 9. The fourth-order valence-corrected chi connectivity index (χ4v) is 11.1. The Hall–Kier alpha value is -1.79. The van der Waals surface area contributed by atoms with E-state index in [1.54, 1.807) is 6.08 Å². The molecule has 0 saturated carbocycles. The van der Waals surface area contributed by atoms with Gasteiger partial charge in [0.1, 0.15) is 48.8 Å². The Labute approximate surface area is 493 Å². The quantitative estimate of drug-likeness (QED) is 0.0204. The van der Waals surface area contributed by atoms with E-state index >= 15 is 0 Å². The lowest BCUT2D eigenvalue weighted by Crippen LogP contribution is -2.65. The SMILES string of the molecule is CCCCCCCCCC/C=C\CCCCCCCCCCCCCCCCCCCC(=O)NC(COC1OC(CO)C(OC2OC(CO)C(O)C(O)C2O)C(O)C1O)C(O)/C=C/CC/C=C/CCCCCCCCCCCCCC. The van der Waals surface area contributed by atoms with Crippen LogP contribution in [0.2, 0.25) is 0 Å². The number of unbranched alkanes of at least 4 members (excludes halogenated alkanes) is 38. The van der Waals surface area contributed by atoms with E-state index in [1.807, 2.05) is 6.08 Å². The van der Waals surface area contributed by atoms with Crippen LogP contribution in [0.25, 0.3) is 0 Å². The maximum atomic E-state index is 13.3. The highest BCUT2D eigenvalue weighted by Gasteiger charge is 2.51. The maximum Gasteiger partial charge on any atom is 0.220 e.